The standard InChI is InChI=1S/C32H34N4O6S.C27H24ClN3O4.C5H11NO2S.CH4/c1-36(24-13-16-43(37,38)21-24)14-6-15-41-31-18-27-26(17-30(31)40-3)32(22(19-33)20-34-27)35-23-9-11-25(12-10-23)42-29-8-5-4-7-28(29)39-2;1-32-23-6-3-4-7-24(23)35-20-10-8-19(9-11-20)31-27-18(16-29)17-30-22-15-26(34-13-5-12-28)25(33-2)14-21(22)27;1-6-5-2-3-9(7,8)4-5;/h4-5,7-12,17-18,20,24H,6,13-16,21H2,1-3H3,(H,34,35);3-4,6-11,14-15,17H,5,12-13H2,1-2H3,(H,30,31);5-6H,2-4H2,1H3;1H4. The van der Waals surface area contributed by atoms with Crippen molar-refractivity contribution in [3.8, 4) is 69.6 Å². The number of nitrogens with one attached hydrogen (secondary N) is 3. The fraction of sp³-hybridized carbons (Fsp3) is 0.323. The van der Waals surface area contributed by atoms with Crippen molar-refractivity contribution >= 4 is 75.8 Å². The van der Waals surface area contributed by atoms with Crippen molar-refractivity contribution in [1.82, 2.24) is 20.2 Å². The summed E-state index contributed by atoms with van der Waals surface area (Å²) in [6.07, 6.45) is 5.96. The number of pyridine rings is 2. The number of fused-ring (bicyclic) bond motifs is 2. The van der Waals surface area contributed by atoms with E-state index < -0.39 is 19.7 Å². The fourth-order valence-electron chi connectivity index (χ4n) is 9.61. The van der Waals surface area contributed by atoms with Crippen LogP contribution in [-0.4, -0.2) is 135 Å². The van der Waals surface area contributed by atoms with Gasteiger partial charge in [-0.15, -0.1) is 11.6 Å². The van der Waals surface area contributed by atoms with E-state index in [1.807, 2.05) is 116 Å². The third kappa shape index (κ3) is 17.7. The van der Waals surface area contributed by atoms with E-state index in [0.29, 0.717) is 140 Å². The molecule has 88 heavy (non-hydrogen) atoms. The topological polar surface area (TPSA) is 255 Å². The van der Waals surface area contributed by atoms with Crippen LogP contribution in [0.5, 0.6) is 57.5 Å². The molecule has 8 aromatic rings. The number of para-hydroxylation sites is 4. The quantitative estimate of drug-likeness (QED) is 0.0397. The summed E-state index contributed by atoms with van der Waals surface area (Å²) in [7, 11) is 4.50. The predicted octanol–water partition coefficient (Wildman–Crippen LogP) is 12.2. The Morgan fingerprint density at radius 3 is 1.39 bits per heavy atom. The number of nitriles is 2. The smallest absolute Gasteiger partial charge is 0.169 e. The van der Waals surface area contributed by atoms with E-state index in [1.165, 1.54) is 6.20 Å². The van der Waals surface area contributed by atoms with Gasteiger partial charge in [0.1, 0.15) is 23.6 Å². The third-order valence-corrected chi connectivity index (χ3v) is 18.1. The number of nitrogens with zero attached hydrogens (tertiary/aromatic N) is 5. The van der Waals surface area contributed by atoms with Crippen molar-refractivity contribution in [3.63, 3.8) is 0 Å². The van der Waals surface area contributed by atoms with Gasteiger partial charge in [0.05, 0.1) is 98.2 Å². The maximum Gasteiger partial charge on any atom is 0.169 e. The molecule has 23 heteroatoms. The fourth-order valence-corrected chi connectivity index (χ4v) is 13.3. The molecule has 0 aliphatic carbocycles. The van der Waals surface area contributed by atoms with Crippen LogP contribution in [-0.2, 0) is 19.7 Å². The molecule has 4 heterocycles. The minimum atomic E-state index is -2.92. The van der Waals surface area contributed by atoms with Crippen LogP contribution >= 0.6 is 11.6 Å². The second-order valence-electron chi connectivity index (χ2n) is 20.2. The Balaban J connectivity index is 0.000000220. The number of methoxy groups -OCH3 is 4. The number of hydrogen-bond donors (Lipinski definition) is 3. The van der Waals surface area contributed by atoms with Crippen LogP contribution in [0.3, 0.4) is 0 Å². The van der Waals surface area contributed by atoms with Crippen LogP contribution in [0, 0.1) is 22.7 Å². The summed E-state index contributed by atoms with van der Waals surface area (Å²) in [5.41, 5.74) is 4.87. The summed E-state index contributed by atoms with van der Waals surface area (Å²) in [5.74, 6) is 7.66. The highest BCUT2D eigenvalue weighted by Crippen LogP contribution is 2.40. The minimum absolute atomic E-state index is 0. The normalized spacial score (nSPS) is 15.2. The molecule has 20 nitrogen and oxygen atoms in total. The van der Waals surface area contributed by atoms with E-state index >= 15 is 0 Å². The lowest BCUT2D eigenvalue weighted by molar-refractivity contribution is 0.223. The van der Waals surface area contributed by atoms with Crippen molar-refractivity contribution in [2.45, 2.75) is 45.2 Å². The van der Waals surface area contributed by atoms with Gasteiger partial charge >= 0.3 is 0 Å². The molecule has 2 saturated heterocycles. The Kier molecular flexibility index (Phi) is 24.1. The summed E-state index contributed by atoms with van der Waals surface area (Å²) >= 11 is 5.76. The number of ether oxygens (including phenoxy) is 8. The van der Waals surface area contributed by atoms with Crippen LogP contribution in [0.15, 0.2) is 134 Å². The molecule has 0 bridgehead atoms. The molecule has 0 spiro atoms. The van der Waals surface area contributed by atoms with Gasteiger partial charge in [0.25, 0.3) is 0 Å². The van der Waals surface area contributed by atoms with E-state index in [4.69, 9.17) is 49.5 Å². The number of hydrogen-bond acceptors (Lipinski definition) is 20. The SMILES string of the molecule is C.CNC1CCS(=O)(=O)C1.COc1cc2c(Nc3ccc(Oc4ccccc4OC)cc3)c(C#N)cnc2cc1OCCCCl.COc1cc2c(Nc3ccc(Oc4ccccc4OC)cc3)c(C#N)cnc2cc1OCCCN(C)C1CCS(=O)(=O)C1. The Morgan fingerprint density at radius 2 is 1.01 bits per heavy atom. The van der Waals surface area contributed by atoms with E-state index in [9.17, 15) is 27.4 Å². The van der Waals surface area contributed by atoms with Crippen LogP contribution < -0.4 is 53.8 Å². The maximum absolute atomic E-state index is 11.8. The molecule has 464 valence electrons. The molecular formula is C65H73ClN8O12S2. The number of alkyl halides is 1. The number of anilines is 4. The Bertz CT molecular complexity index is 3960. The molecule has 6 aromatic carbocycles. The lowest BCUT2D eigenvalue weighted by Gasteiger charge is -2.23. The Morgan fingerprint density at radius 1 is 0.580 bits per heavy atom. The van der Waals surface area contributed by atoms with Gasteiger partial charge in [0.15, 0.2) is 65.7 Å². The average Bonchev–Trinajstić information content (AvgIpc) is 1.32. The van der Waals surface area contributed by atoms with E-state index in [1.54, 1.807) is 53.8 Å². The molecule has 0 radical (unpaired) electrons. The zero-order chi connectivity index (χ0) is 61.9. The largest absolute Gasteiger partial charge is 0.493 e. The average molecular weight is 1260 g/mol. The summed E-state index contributed by atoms with van der Waals surface area (Å²) < 4.78 is 90.8. The molecule has 0 saturated carbocycles. The lowest BCUT2D eigenvalue weighted by Crippen LogP contribution is -2.34. The molecule has 2 fully saturated rings. The number of rotatable bonds is 23. The van der Waals surface area contributed by atoms with Gasteiger partial charge in [-0.2, -0.15) is 10.5 Å². The van der Waals surface area contributed by atoms with Crippen LogP contribution in [0.4, 0.5) is 22.7 Å². The first kappa shape index (κ1) is 66.8. The lowest BCUT2D eigenvalue weighted by atomic mass is 10.1. The van der Waals surface area contributed by atoms with Crippen molar-refractivity contribution in [2.75, 3.05) is 102 Å². The molecule has 2 aliphatic rings. The first-order valence-electron chi connectivity index (χ1n) is 27.9. The zero-order valence-corrected chi connectivity index (χ0v) is 51.6. The van der Waals surface area contributed by atoms with E-state index in [0.717, 1.165) is 36.1 Å². The van der Waals surface area contributed by atoms with E-state index in [-0.39, 0.29) is 31.0 Å². The molecular weight excluding hydrogens is 1180 g/mol. The molecule has 10 rings (SSSR count). The van der Waals surface area contributed by atoms with Gasteiger partial charge in [0.2, 0.25) is 0 Å². The number of halogens is 1. The zero-order valence-electron chi connectivity index (χ0n) is 49.2. The number of aromatic nitrogens is 2. The Hall–Kier alpha value is -8.77. The van der Waals surface area contributed by atoms with Crippen LogP contribution in [0.1, 0.15) is 44.2 Å². The van der Waals surface area contributed by atoms with Crippen molar-refractivity contribution in [2.24, 2.45) is 0 Å². The molecule has 2 aliphatic heterocycles. The summed E-state index contributed by atoms with van der Waals surface area (Å²) in [4.78, 5) is 11.0. The van der Waals surface area contributed by atoms with Crippen LogP contribution in [0.2, 0.25) is 0 Å². The highest BCUT2D eigenvalue weighted by molar-refractivity contribution is 7.91. The highest BCUT2D eigenvalue weighted by atomic mass is 35.5. The molecule has 2 unspecified atom stereocenters. The predicted molar refractivity (Wildman–Crippen MR) is 345 cm³/mol. The van der Waals surface area contributed by atoms with Gasteiger partial charge in [-0.05, 0) is 125 Å². The molecule has 3 N–H and O–H groups in total. The molecule has 0 amide bonds. The van der Waals surface area contributed by atoms with Gasteiger partial charge in [-0.25, -0.2) is 16.8 Å². The first-order valence-corrected chi connectivity index (χ1v) is 32.1. The van der Waals surface area contributed by atoms with Crippen molar-refractivity contribution in [1.29, 1.82) is 10.5 Å². The molecule has 2 aromatic heterocycles. The Labute approximate surface area is 520 Å². The maximum atomic E-state index is 11.8. The number of sulfone groups is 2. The van der Waals surface area contributed by atoms with Crippen molar-refractivity contribution in [3.05, 3.63) is 145 Å². The highest BCUT2D eigenvalue weighted by Gasteiger charge is 2.30. The van der Waals surface area contributed by atoms with Crippen molar-refractivity contribution < 1.29 is 54.7 Å². The van der Waals surface area contributed by atoms with Crippen LogP contribution in [0.25, 0.3) is 21.8 Å². The second-order valence-corrected chi connectivity index (χ2v) is 25.0. The third-order valence-electron chi connectivity index (χ3n) is 14.3. The molecule has 2 atom stereocenters. The van der Waals surface area contributed by atoms with Gasteiger partial charge in [0, 0.05) is 71.2 Å². The first-order chi connectivity index (χ1) is 42.1. The van der Waals surface area contributed by atoms with E-state index in [2.05, 4.69) is 43.0 Å². The summed E-state index contributed by atoms with van der Waals surface area (Å²) in [6, 6.07) is 41.6. The van der Waals surface area contributed by atoms with Gasteiger partial charge in [-0.1, -0.05) is 31.7 Å². The summed E-state index contributed by atoms with van der Waals surface area (Å²) in [6.45, 7) is 1.61. The summed E-state index contributed by atoms with van der Waals surface area (Å²) in [5, 5.41) is 30.6. The van der Waals surface area contributed by atoms with Gasteiger partial charge in [-0.3, -0.25) is 9.97 Å². The van der Waals surface area contributed by atoms with Gasteiger partial charge < -0.3 is 58.7 Å². The second kappa shape index (κ2) is 31.7. The monoisotopic (exact) mass is 1260 g/mol. The minimum Gasteiger partial charge on any atom is -0.493 e. The number of benzene rings is 6.